The molecule has 0 aromatic heterocycles. The van der Waals surface area contributed by atoms with E-state index >= 15 is 0 Å². The number of benzene rings is 1. The Bertz CT molecular complexity index is 539. The fourth-order valence-corrected chi connectivity index (χ4v) is 3.07. The van der Waals surface area contributed by atoms with E-state index in [9.17, 15) is 4.79 Å². The van der Waals surface area contributed by atoms with Gasteiger partial charge < -0.3 is 9.64 Å². The van der Waals surface area contributed by atoms with Crippen LogP contribution < -0.4 is 4.74 Å². The maximum absolute atomic E-state index is 12.3. The van der Waals surface area contributed by atoms with Crippen molar-refractivity contribution >= 4 is 34.2 Å². The lowest BCUT2D eigenvalue weighted by Crippen LogP contribution is -2.38. The fourth-order valence-electron chi connectivity index (χ4n) is 2.48. The Morgan fingerprint density at radius 1 is 1.40 bits per heavy atom. The van der Waals surface area contributed by atoms with Gasteiger partial charge in [-0.2, -0.15) is 0 Å². The van der Waals surface area contributed by atoms with Gasteiger partial charge in [0.25, 0.3) is 0 Å². The van der Waals surface area contributed by atoms with E-state index in [1.165, 1.54) is 0 Å². The van der Waals surface area contributed by atoms with Crippen LogP contribution >= 0.6 is 22.6 Å². The lowest BCUT2D eigenvalue weighted by atomic mass is 10.00. The fraction of sp³-hybridized carbons (Fsp3) is 0.438. The number of hydrogen-bond donors (Lipinski definition) is 0. The third-order valence-electron chi connectivity index (χ3n) is 3.44. The molecule has 0 radical (unpaired) electrons. The van der Waals surface area contributed by atoms with E-state index < -0.39 is 0 Å². The van der Waals surface area contributed by atoms with Crippen LogP contribution in [0.2, 0.25) is 0 Å². The normalized spacial score (nSPS) is 19.0. The van der Waals surface area contributed by atoms with Crippen molar-refractivity contribution in [2.24, 2.45) is 0 Å². The summed E-state index contributed by atoms with van der Waals surface area (Å²) in [6, 6.07) is 6.06. The number of hydrogen-bond acceptors (Lipinski definition) is 2. The minimum absolute atomic E-state index is 0.0549. The summed E-state index contributed by atoms with van der Waals surface area (Å²) in [5.41, 5.74) is 3.29. The molecule has 1 aliphatic heterocycles. The molecule has 4 heteroatoms. The highest BCUT2D eigenvalue weighted by Gasteiger charge is 2.28. The van der Waals surface area contributed by atoms with Crippen molar-refractivity contribution in [3.63, 3.8) is 0 Å². The number of aryl methyl sites for hydroxylation is 1. The summed E-state index contributed by atoms with van der Waals surface area (Å²) >= 11 is 2.22. The molecule has 0 bridgehead atoms. The van der Waals surface area contributed by atoms with Crippen LogP contribution in [0.5, 0.6) is 5.75 Å². The molecule has 1 heterocycles. The Kier molecular flexibility index (Phi) is 5.07. The summed E-state index contributed by atoms with van der Waals surface area (Å²) in [6.45, 7) is 7.43. The van der Waals surface area contributed by atoms with Crippen molar-refractivity contribution in [2.75, 3.05) is 13.2 Å². The molecule has 3 nitrogen and oxygen atoms in total. The van der Waals surface area contributed by atoms with E-state index in [4.69, 9.17) is 4.74 Å². The smallest absolute Gasteiger partial charge is 0.240 e. The molecule has 2 rings (SSSR count). The zero-order chi connectivity index (χ0) is 14.7. The number of amides is 1. The zero-order valence-electron chi connectivity index (χ0n) is 12.1. The van der Waals surface area contributed by atoms with Gasteiger partial charge in [0.05, 0.1) is 10.5 Å². The summed E-state index contributed by atoms with van der Waals surface area (Å²) in [5.74, 6) is 1.09. The molecule has 108 valence electrons. The highest BCUT2D eigenvalue weighted by Crippen LogP contribution is 2.31. The van der Waals surface area contributed by atoms with E-state index in [1.807, 2.05) is 30.9 Å². The minimum atomic E-state index is 0.0549. The van der Waals surface area contributed by atoms with Crippen molar-refractivity contribution in [1.82, 2.24) is 4.90 Å². The van der Waals surface area contributed by atoms with Crippen LogP contribution in [0.3, 0.4) is 0 Å². The number of rotatable bonds is 4. The van der Waals surface area contributed by atoms with Gasteiger partial charge in [-0.15, -0.1) is 0 Å². The molecule has 0 saturated heterocycles. The Morgan fingerprint density at radius 3 is 2.75 bits per heavy atom. The van der Waals surface area contributed by atoms with Crippen molar-refractivity contribution in [1.29, 1.82) is 0 Å². The summed E-state index contributed by atoms with van der Waals surface area (Å²) in [5, 5.41) is 0. The number of carbonyl (C=O) groups excluding carboxylic acids is 1. The van der Waals surface area contributed by atoms with Gasteiger partial charge in [-0.05, 0) is 51.0 Å². The highest BCUT2D eigenvalue weighted by atomic mass is 127. The van der Waals surface area contributed by atoms with Crippen molar-refractivity contribution < 1.29 is 9.53 Å². The quantitative estimate of drug-likeness (QED) is 0.583. The highest BCUT2D eigenvalue weighted by molar-refractivity contribution is 14.1. The van der Waals surface area contributed by atoms with Gasteiger partial charge in [0.2, 0.25) is 5.91 Å². The SMILES string of the molecule is CCOc1ccc(C2=CCC(I)C(=O)N2CC)c(C)c1. The third-order valence-corrected chi connectivity index (χ3v) is 4.49. The first-order chi connectivity index (χ1) is 9.58. The summed E-state index contributed by atoms with van der Waals surface area (Å²) < 4.78 is 5.57. The van der Waals surface area contributed by atoms with Crippen LogP contribution in [0, 0.1) is 6.92 Å². The Balaban J connectivity index is 2.37. The van der Waals surface area contributed by atoms with Gasteiger partial charge in [-0.25, -0.2) is 0 Å². The first-order valence-corrected chi connectivity index (χ1v) is 8.22. The summed E-state index contributed by atoms with van der Waals surface area (Å²) in [6.07, 6.45) is 2.97. The predicted molar refractivity (Wildman–Crippen MR) is 90.1 cm³/mol. The molecule has 1 aromatic carbocycles. The second-order valence-corrected chi connectivity index (χ2v) is 6.29. The van der Waals surface area contributed by atoms with Crippen molar-refractivity contribution in [2.45, 2.75) is 31.1 Å². The molecule has 20 heavy (non-hydrogen) atoms. The van der Waals surface area contributed by atoms with Crippen LogP contribution in [0.25, 0.3) is 5.70 Å². The standard InChI is InChI=1S/C16H20INO2/c1-4-18-15(9-8-14(17)16(18)19)13-7-6-12(20-5-2)10-11(13)3/h6-7,9-10,14H,4-5,8H2,1-3H3. The van der Waals surface area contributed by atoms with Gasteiger partial charge in [-0.3, -0.25) is 4.79 Å². The topological polar surface area (TPSA) is 29.5 Å². The average Bonchev–Trinajstić information content (AvgIpc) is 2.43. The van der Waals surface area contributed by atoms with Crippen LogP contribution in [0.15, 0.2) is 24.3 Å². The Labute approximate surface area is 134 Å². The molecule has 0 fully saturated rings. The van der Waals surface area contributed by atoms with E-state index in [0.29, 0.717) is 13.2 Å². The largest absolute Gasteiger partial charge is 0.494 e. The number of nitrogens with zero attached hydrogens (tertiary/aromatic N) is 1. The second-order valence-electron chi connectivity index (χ2n) is 4.78. The first kappa shape index (κ1) is 15.4. The van der Waals surface area contributed by atoms with Crippen molar-refractivity contribution in [3.8, 4) is 5.75 Å². The number of halogens is 1. The number of allylic oxidation sites excluding steroid dienone is 1. The molecular weight excluding hydrogens is 365 g/mol. The van der Waals surface area contributed by atoms with Crippen LogP contribution in [-0.2, 0) is 4.79 Å². The van der Waals surface area contributed by atoms with Crippen molar-refractivity contribution in [3.05, 3.63) is 35.4 Å². The summed E-state index contributed by atoms with van der Waals surface area (Å²) in [4.78, 5) is 14.2. The third kappa shape index (κ3) is 3.00. The molecule has 0 saturated carbocycles. The lowest BCUT2D eigenvalue weighted by Gasteiger charge is -2.31. The molecule has 0 spiro atoms. The number of ether oxygens (including phenoxy) is 1. The van der Waals surface area contributed by atoms with Gasteiger partial charge in [0, 0.05) is 17.8 Å². The predicted octanol–water partition coefficient (Wildman–Crippen LogP) is 3.79. The molecular formula is C16H20INO2. The van der Waals surface area contributed by atoms with E-state index in [0.717, 1.165) is 29.0 Å². The Morgan fingerprint density at radius 2 is 2.15 bits per heavy atom. The maximum Gasteiger partial charge on any atom is 0.240 e. The Hall–Kier alpha value is -1.04. The molecule has 1 atom stereocenters. The monoisotopic (exact) mass is 385 g/mol. The van der Waals surface area contributed by atoms with Gasteiger partial charge in [-0.1, -0.05) is 28.7 Å². The van der Waals surface area contributed by atoms with Crippen LogP contribution in [0.1, 0.15) is 31.4 Å². The van der Waals surface area contributed by atoms with Crippen LogP contribution in [0.4, 0.5) is 0 Å². The molecule has 1 aliphatic rings. The van der Waals surface area contributed by atoms with E-state index in [2.05, 4.69) is 41.7 Å². The average molecular weight is 385 g/mol. The van der Waals surface area contributed by atoms with Gasteiger partial charge in [0.1, 0.15) is 5.75 Å². The first-order valence-electron chi connectivity index (χ1n) is 6.97. The summed E-state index contributed by atoms with van der Waals surface area (Å²) in [7, 11) is 0. The molecule has 1 amide bonds. The number of alkyl halides is 1. The molecule has 0 aliphatic carbocycles. The van der Waals surface area contributed by atoms with Crippen LogP contribution in [-0.4, -0.2) is 27.9 Å². The molecule has 1 aromatic rings. The van der Waals surface area contributed by atoms with Gasteiger partial charge >= 0.3 is 0 Å². The lowest BCUT2D eigenvalue weighted by molar-refractivity contribution is -0.127. The van der Waals surface area contributed by atoms with E-state index in [-0.39, 0.29) is 9.83 Å². The maximum atomic E-state index is 12.3. The minimum Gasteiger partial charge on any atom is -0.494 e. The van der Waals surface area contributed by atoms with Gasteiger partial charge in [0.15, 0.2) is 0 Å². The number of carbonyl (C=O) groups is 1. The molecule has 1 unspecified atom stereocenters. The van der Waals surface area contributed by atoms with E-state index in [1.54, 1.807) is 0 Å². The zero-order valence-corrected chi connectivity index (χ0v) is 14.3. The molecule has 0 N–H and O–H groups in total. The second kappa shape index (κ2) is 6.61.